The van der Waals surface area contributed by atoms with Crippen LogP contribution in [0.5, 0.6) is 5.75 Å². The van der Waals surface area contributed by atoms with Crippen molar-refractivity contribution in [3.63, 3.8) is 0 Å². The number of nitrogen functional groups attached to an aromatic ring is 1. The van der Waals surface area contributed by atoms with Crippen molar-refractivity contribution in [3.05, 3.63) is 30.9 Å². The van der Waals surface area contributed by atoms with E-state index in [-0.39, 0.29) is 6.10 Å². The highest BCUT2D eigenvalue weighted by atomic mass is 16.5. The average Bonchev–Trinajstić information content (AvgIpc) is 2.17. The fraction of sp³-hybridized carbons (Fsp3) is 0.333. The van der Waals surface area contributed by atoms with Crippen LogP contribution in [0.1, 0.15) is 6.92 Å². The van der Waals surface area contributed by atoms with Crippen LogP contribution < -0.4 is 15.4 Å². The van der Waals surface area contributed by atoms with Gasteiger partial charge in [0.15, 0.2) is 0 Å². The average molecular weight is 204 g/mol. The number of ether oxygens (including phenoxy) is 1. The Morgan fingerprint density at radius 3 is 3.20 bits per heavy atom. The van der Waals surface area contributed by atoms with Crippen molar-refractivity contribution >= 4 is 11.4 Å². The van der Waals surface area contributed by atoms with Crippen molar-refractivity contribution in [2.24, 2.45) is 0 Å². The molecule has 3 heteroatoms. The molecular weight excluding hydrogens is 188 g/mol. The van der Waals surface area contributed by atoms with E-state index in [4.69, 9.17) is 10.5 Å². The van der Waals surface area contributed by atoms with Crippen molar-refractivity contribution in [2.45, 2.75) is 13.0 Å². The molecule has 1 atom stereocenters. The highest BCUT2D eigenvalue weighted by molar-refractivity contribution is 5.65. The fourth-order valence-corrected chi connectivity index (χ4v) is 1.88. The van der Waals surface area contributed by atoms with E-state index in [9.17, 15) is 0 Å². The van der Waals surface area contributed by atoms with Gasteiger partial charge in [-0.3, -0.25) is 0 Å². The summed E-state index contributed by atoms with van der Waals surface area (Å²) < 4.78 is 5.73. The fourth-order valence-electron chi connectivity index (χ4n) is 1.88. The Morgan fingerprint density at radius 1 is 1.67 bits per heavy atom. The molecule has 2 N–H and O–H groups in total. The topological polar surface area (TPSA) is 38.5 Å². The zero-order chi connectivity index (χ0) is 10.8. The quantitative estimate of drug-likeness (QED) is 0.592. The van der Waals surface area contributed by atoms with Crippen molar-refractivity contribution in [1.29, 1.82) is 0 Å². The molecule has 0 saturated heterocycles. The summed E-state index contributed by atoms with van der Waals surface area (Å²) >= 11 is 0. The molecule has 1 heterocycles. The number of anilines is 2. The molecule has 0 aromatic heterocycles. The van der Waals surface area contributed by atoms with E-state index in [0.29, 0.717) is 0 Å². The van der Waals surface area contributed by atoms with Crippen LogP contribution in [0.25, 0.3) is 0 Å². The van der Waals surface area contributed by atoms with Crippen LogP contribution in [0.3, 0.4) is 0 Å². The second-order valence-corrected chi connectivity index (χ2v) is 3.85. The predicted molar refractivity (Wildman–Crippen MR) is 63.4 cm³/mol. The van der Waals surface area contributed by atoms with Gasteiger partial charge < -0.3 is 15.4 Å². The summed E-state index contributed by atoms with van der Waals surface area (Å²) in [5.74, 6) is 0.871. The Kier molecular flexibility index (Phi) is 2.54. The van der Waals surface area contributed by atoms with E-state index in [0.717, 1.165) is 30.2 Å². The third kappa shape index (κ3) is 1.91. The molecule has 0 bridgehead atoms. The largest absolute Gasteiger partial charge is 0.487 e. The zero-order valence-corrected chi connectivity index (χ0v) is 8.94. The molecule has 80 valence electrons. The van der Waals surface area contributed by atoms with Crippen LogP contribution >= 0.6 is 0 Å². The second kappa shape index (κ2) is 3.85. The first kappa shape index (κ1) is 9.90. The molecule has 15 heavy (non-hydrogen) atoms. The van der Waals surface area contributed by atoms with Crippen molar-refractivity contribution in [2.75, 3.05) is 23.7 Å². The lowest BCUT2D eigenvalue weighted by molar-refractivity contribution is 0.214. The predicted octanol–water partition coefficient (Wildman–Crippen LogP) is 2.04. The summed E-state index contributed by atoms with van der Waals surface area (Å²) in [4.78, 5) is 2.25. The van der Waals surface area contributed by atoms with E-state index in [1.807, 2.05) is 24.3 Å². The smallest absolute Gasteiger partial charge is 0.145 e. The van der Waals surface area contributed by atoms with Gasteiger partial charge in [-0.1, -0.05) is 6.08 Å². The molecular formula is C12H16N2O. The summed E-state index contributed by atoms with van der Waals surface area (Å²) in [5.41, 5.74) is 7.56. The van der Waals surface area contributed by atoms with E-state index in [2.05, 4.69) is 18.4 Å². The highest BCUT2D eigenvalue weighted by Gasteiger charge is 2.21. The lowest BCUT2D eigenvalue weighted by atomic mass is 10.2. The molecule has 1 aromatic carbocycles. The minimum absolute atomic E-state index is 0.194. The number of nitrogens with two attached hydrogens (primary N) is 1. The summed E-state index contributed by atoms with van der Waals surface area (Å²) in [5, 5.41) is 0. The normalized spacial score (nSPS) is 19.3. The van der Waals surface area contributed by atoms with Crippen molar-refractivity contribution in [3.8, 4) is 5.75 Å². The van der Waals surface area contributed by atoms with Gasteiger partial charge in [-0.05, 0) is 19.1 Å². The van der Waals surface area contributed by atoms with Crippen molar-refractivity contribution in [1.82, 2.24) is 0 Å². The number of fused-ring (bicyclic) bond motifs is 1. The number of hydrogen-bond donors (Lipinski definition) is 1. The number of rotatable bonds is 2. The Balaban J connectivity index is 2.37. The van der Waals surface area contributed by atoms with Gasteiger partial charge in [0.25, 0.3) is 0 Å². The minimum atomic E-state index is 0.194. The Labute approximate surface area is 90.1 Å². The van der Waals surface area contributed by atoms with Gasteiger partial charge in [0.05, 0.1) is 12.2 Å². The van der Waals surface area contributed by atoms with E-state index in [1.165, 1.54) is 0 Å². The summed E-state index contributed by atoms with van der Waals surface area (Å²) in [6.07, 6.45) is 2.09. The molecule has 1 unspecified atom stereocenters. The lowest BCUT2D eigenvalue weighted by Crippen LogP contribution is -2.38. The maximum absolute atomic E-state index is 5.73. The van der Waals surface area contributed by atoms with Crippen LogP contribution in [-0.4, -0.2) is 19.2 Å². The molecule has 0 aliphatic carbocycles. The van der Waals surface area contributed by atoms with Crippen LogP contribution in [0.2, 0.25) is 0 Å². The molecule has 1 aromatic rings. The molecule has 0 saturated carbocycles. The number of nitrogens with zero attached hydrogens (tertiary/aromatic N) is 1. The zero-order valence-electron chi connectivity index (χ0n) is 8.94. The number of hydrogen-bond acceptors (Lipinski definition) is 3. The van der Waals surface area contributed by atoms with E-state index < -0.39 is 0 Å². The Hall–Kier alpha value is -1.64. The minimum Gasteiger partial charge on any atom is -0.487 e. The van der Waals surface area contributed by atoms with E-state index >= 15 is 0 Å². The monoisotopic (exact) mass is 204 g/mol. The summed E-state index contributed by atoms with van der Waals surface area (Å²) in [6.45, 7) is 7.55. The molecule has 2 rings (SSSR count). The maximum atomic E-state index is 5.73. The third-order valence-electron chi connectivity index (χ3n) is 2.48. The molecule has 0 fully saturated rings. The SMILES string of the molecule is C=CCN1CC(C)Oc2cc(N)ccc21. The molecule has 3 nitrogen and oxygen atoms in total. The lowest BCUT2D eigenvalue weighted by Gasteiger charge is -2.34. The maximum Gasteiger partial charge on any atom is 0.145 e. The third-order valence-corrected chi connectivity index (χ3v) is 2.48. The molecule has 0 amide bonds. The van der Waals surface area contributed by atoms with Crippen LogP contribution in [0.4, 0.5) is 11.4 Å². The standard InChI is InChI=1S/C12H16N2O/c1-3-6-14-8-9(2)15-12-7-10(13)4-5-11(12)14/h3-5,7,9H,1,6,8,13H2,2H3. The second-order valence-electron chi connectivity index (χ2n) is 3.85. The van der Waals surface area contributed by atoms with Gasteiger partial charge in [-0.15, -0.1) is 6.58 Å². The van der Waals surface area contributed by atoms with E-state index in [1.54, 1.807) is 0 Å². The van der Waals surface area contributed by atoms with Gasteiger partial charge in [-0.25, -0.2) is 0 Å². The Morgan fingerprint density at radius 2 is 2.47 bits per heavy atom. The first-order chi connectivity index (χ1) is 7.20. The van der Waals surface area contributed by atoms with Gasteiger partial charge in [0.1, 0.15) is 11.9 Å². The first-order valence-corrected chi connectivity index (χ1v) is 5.12. The number of benzene rings is 1. The molecule has 0 radical (unpaired) electrons. The van der Waals surface area contributed by atoms with Gasteiger partial charge in [0, 0.05) is 18.3 Å². The summed E-state index contributed by atoms with van der Waals surface area (Å²) in [6, 6.07) is 5.77. The first-order valence-electron chi connectivity index (χ1n) is 5.12. The van der Waals surface area contributed by atoms with Crippen LogP contribution in [0, 0.1) is 0 Å². The molecule has 1 aliphatic heterocycles. The van der Waals surface area contributed by atoms with Gasteiger partial charge in [0.2, 0.25) is 0 Å². The Bertz CT molecular complexity index is 376. The van der Waals surface area contributed by atoms with Crippen LogP contribution in [0.15, 0.2) is 30.9 Å². The molecule has 1 aliphatic rings. The van der Waals surface area contributed by atoms with Gasteiger partial charge in [-0.2, -0.15) is 0 Å². The van der Waals surface area contributed by atoms with Crippen LogP contribution in [-0.2, 0) is 0 Å². The van der Waals surface area contributed by atoms with Gasteiger partial charge >= 0.3 is 0 Å². The highest BCUT2D eigenvalue weighted by Crippen LogP contribution is 2.34. The summed E-state index contributed by atoms with van der Waals surface area (Å²) in [7, 11) is 0. The van der Waals surface area contributed by atoms with Crippen molar-refractivity contribution < 1.29 is 4.74 Å². The molecule has 0 spiro atoms.